The van der Waals surface area contributed by atoms with Crippen molar-refractivity contribution in [1.82, 2.24) is 19.6 Å². The normalized spacial score (nSPS) is 20.2. The first-order valence-corrected chi connectivity index (χ1v) is 31.2. The summed E-state index contributed by atoms with van der Waals surface area (Å²) in [6.45, 7) is 34.2. The van der Waals surface area contributed by atoms with Gasteiger partial charge in [0.1, 0.15) is 25.0 Å². The number of carbonyl (C=O) groups excluding carboxylic acids is 2. The summed E-state index contributed by atoms with van der Waals surface area (Å²) in [6.07, 6.45) is 6.76. The number of nitrogens with zero attached hydrogens (tertiary/aromatic N) is 4. The molecule has 0 unspecified atom stereocenters. The third-order valence-electron chi connectivity index (χ3n) is 11.6. The molecule has 0 radical (unpaired) electrons. The molecule has 6 heterocycles. The molecule has 16 nitrogen and oxygen atoms in total. The molecule has 66 heavy (non-hydrogen) atoms. The minimum absolute atomic E-state index is 0.0772. The standard InChI is InChI=1S/2C16H28N2O4Si.2C8H14O2/c1-16(2)10-12-13(6-7-22-16)18(17-14(12)15(19)20)11-21-8-9-23(3,4)5;1-16(2)10-13-12(6-7-22-16)14(15(19)20)17-18(13)11-21-8-9-23(3,4)5;1-8(2)5-3-7(9)4-6-10-8;1-8(2)6-7(9)4-3-5-10-8/h2*6-11H2,1-5H3,(H,19,20);2*3-6H2,1-2H3. The van der Waals surface area contributed by atoms with E-state index in [-0.39, 0.29) is 33.8 Å². The van der Waals surface area contributed by atoms with Gasteiger partial charge in [0, 0.05) is 110 Å². The summed E-state index contributed by atoms with van der Waals surface area (Å²) in [5.41, 5.74) is 2.71. The van der Waals surface area contributed by atoms with Crippen LogP contribution < -0.4 is 0 Å². The Labute approximate surface area is 396 Å². The van der Waals surface area contributed by atoms with Crippen LogP contribution in [0.4, 0.5) is 0 Å². The maximum Gasteiger partial charge on any atom is 0.356 e. The van der Waals surface area contributed by atoms with Gasteiger partial charge in [0.05, 0.1) is 42.2 Å². The van der Waals surface area contributed by atoms with Crippen molar-refractivity contribution in [1.29, 1.82) is 0 Å². The molecule has 0 aromatic carbocycles. The predicted octanol–water partition coefficient (Wildman–Crippen LogP) is 8.64. The molecule has 0 saturated carbocycles. The highest BCUT2D eigenvalue weighted by atomic mass is 28.3. The van der Waals surface area contributed by atoms with E-state index in [1.165, 1.54) is 0 Å². The number of rotatable bonds is 12. The van der Waals surface area contributed by atoms with E-state index < -0.39 is 28.1 Å². The summed E-state index contributed by atoms with van der Waals surface area (Å²) in [5.74, 6) is -1.30. The highest BCUT2D eigenvalue weighted by Crippen LogP contribution is 2.29. The summed E-state index contributed by atoms with van der Waals surface area (Å²) in [7, 11) is -2.27. The Morgan fingerprint density at radius 3 is 1.56 bits per heavy atom. The summed E-state index contributed by atoms with van der Waals surface area (Å²) >= 11 is 0. The van der Waals surface area contributed by atoms with Gasteiger partial charge in [0.2, 0.25) is 0 Å². The number of carboxylic acid groups (broad SMARTS) is 2. The number of carboxylic acids is 2. The van der Waals surface area contributed by atoms with Gasteiger partial charge in [0.25, 0.3) is 0 Å². The van der Waals surface area contributed by atoms with E-state index in [1.807, 2.05) is 55.4 Å². The molecule has 6 rings (SSSR count). The maximum atomic E-state index is 11.5. The van der Waals surface area contributed by atoms with E-state index in [0.29, 0.717) is 109 Å². The van der Waals surface area contributed by atoms with Crippen molar-refractivity contribution in [3.63, 3.8) is 0 Å². The molecule has 0 bridgehead atoms. The van der Waals surface area contributed by atoms with E-state index in [0.717, 1.165) is 54.1 Å². The van der Waals surface area contributed by atoms with Gasteiger partial charge in [-0.15, -0.1) is 0 Å². The van der Waals surface area contributed by atoms with Gasteiger partial charge < -0.3 is 38.6 Å². The number of aromatic carboxylic acids is 2. The summed E-state index contributed by atoms with van der Waals surface area (Å²) in [5, 5.41) is 27.4. The zero-order valence-corrected chi connectivity index (χ0v) is 44.9. The van der Waals surface area contributed by atoms with Crippen molar-refractivity contribution in [2.24, 2.45) is 0 Å². The lowest BCUT2D eigenvalue weighted by molar-refractivity contribution is -0.122. The van der Waals surface area contributed by atoms with E-state index in [4.69, 9.17) is 28.4 Å². The summed E-state index contributed by atoms with van der Waals surface area (Å²) in [4.78, 5) is 44.9. The highest BCUT2D eigenvalue weighted by Gasteiger charge is 2.33. The number of fused-ring (bicyclic) bond motifs is 2. The minimum atomic E-state index is -1.14. The van der Waals surface area contributed by atoms with Crippen LogP contribution in [0.1, 0.15) is 137 Å². The number of Topliss-reactive ketones (excluding diaryl/α,β-unsaturated/α-hetero) is 2. The Morgan fingerprint density at radius 1 is 0.561 bits per heavy atom. The predicted molar refractivity (Wildman–Crippen MR) is 259 cm³/mol. The molecule has 376 valence electrons. The largest absolute Gasteiger partial charge is 0.476 e. The quantitative estimate of drug-likeness (QED) is 0.151. The molecular formula is C48H84N4O12Si2. The first-order valence-electron chi connectivity index (χ1n) is 23.8. The fourth-order valence-corrected chi connectivity index (χ4v) is 9.22. The number of hydrogen-bond acceptors (Lipinski definition) is 12. The van der Waals surface area contributed by atoms with Gasteiger partial charge in [-0.25, -0.2) is 19.0 Å². The molecule has 18 heteroatoms. The molecule has 0 amide bonds. The number of ether oxygens (including phenoxy) is 6. The number of carbonyl (C=O) groups is 4. The van der Waals surface area contributed by atoms with Gasteiger partial charge in [-0.2, -0.15) is 10.2 Å². The molecule has 4 aliphatic rings. The lowest BCUT2D eigenvalue weighted by atomic mass is 9.97. The molecule has 2 saturated heterocycles. The van der Waals surface area contributed by atoms with Crippen LogP contribution in [-0.2, 0) is 77.2 Å². The van der Waals surface area contributed by atoms with Crippen LogP contribution in [0.15, 0.2) is 0 Å². The Kier molecular flexibility index (Phi) is 21.2. The van der Waals surface area contributed by atoms with Crippen LogP contribution in [0.2, 0.25) is 51.4 Å². The van der Waals surface area contributed by atoms with Crippen molar-refractivity contribution >= 4 is 39.7 Å². The van der Waals surface area contributed by atoms with Crippen LogP contribution in [0.25, 0.3) is 0 Å². The summed E-state index contributed by atoms with van der Waals surface area (Å²) < 4.78 is 37.4. The first-order chi connectivity index (χ1) is 30.4. The van der Waals surface area contributed by atoms with Crippen LogP contribution in [0.3, 0.4) is 0 Å². The molecule has 0 aliphatic carbocycles. The lowest BCUT2D eigenvalue weighted by Gasteiger charge is -2.23. The second-order valence-electron chi connectivity index (χ2n) is 22.7. The lowest BCUT2D eigenvalue weighted by Crippen LogP contribution is -2.28. The van der Waals surface area contributed by atoms with Crippen molar-refractivity contribution < 1.29 is 57.8 Å². The van der Waals surface area contributed by atoms with Crippen molar-refractivity contribution in [3.8, 4) is 0 Å². The van der Waals surface area contributed by atoms with Crippen LogP contribution in [0.5, 0.6) is 0 Å². The van der Waals surface area contributed by atoms with Crippen molar-refractivity contribution in [2.75, 3.05) is 39.6 Å². The van der Waals surface area contributed by atoms with Crippen LogP contribution in [0, 0.1) is 0 Å². The van der Waals surface area contributed by atoms with Gasteiger partial charge in [-0.05, 0) is 80.3 Å². The third-order valence-corrected chi connectivity index (χ3v) is 15.0. The third kappa shape index (κ3) is 20.6. The zero-order valence-electron chi connectivity index (χ0n) is 42.9. The fourth-order valence-electron chi connectivity index (χ4n) is 7.71. The Hall–Kier alpha value is -3.11. The van der Waals surface area contributed by atoms with Gasteiger partial charge in [-0.1, -0.05) is 39.3 Å². The maximum absolute atomic E-state index is 11.5. The van der Waals surface area contributed by atoms with Gasteiger partial charge >= 0.3 is 11.9 Å². The molecule has 2 aromatic heterocycles. The van der Waals surface area contributed by atoms with Crippen LogP contribution in [-0.4, -0.2) is 131 Å². The average Bonchev–Trinajstić information content (AvgIpc) is 3.37. The van der Waals surface area contributed by atoms with Crippen molar-refractivity contribution in [3.05, 3.63) is 33.9 Å². The first kappa shape index (κ1) is 57.2. The molecule has 2 aromatic rings. The molecule has 0 atom stereocenters. The smallest absolute Gasteiger partial charge is 0.356 e. The molecule has 2 fully saturated rings. The highest BCUT2D eigenvalue weighted by molar-refractivity contribution is 6.76. The molecule has 2 N–H and O–H groups in total. The summed E-state index contributed by atoms with van der Waals surface area (Å²) in [6, 6.07) is 2.16. The Balaban J connectivity index is 0.000000250. The molecule has 4 aliphatic heterocycles. The van der Waals surface area contributed by atoms with Crippen LogP contribution >= 0.6 is 0 Å². The van der Waals surface area contributed by atoms with Crippen molar-refractivity contribution in [2.45, 2.75) is 207 Å². The number of aromatic nitrogens is 4. The SMILES string of the molecule is CC1(C)CC(=O)CCCO1.CC1(C)CCC(=O)CCO1.CC1(C)Cc2c(C(=O)O)nn(COCC[Si](C)(C)C)c2CCO1.CC1(C)Cc2c(c(C(=O)O)nn2COCC[Si](C)(C)C)CCO1. The minimum Gasteiger partial charge on any atom is -0.476 e. The Morgan fingerprint density at radius 2 is 1.02 bits per heavy atom. The van der Waals surface area contributed by atoms with Gasteiger partial charge in [-0.3, -0.25) is 9.59 Å². The Bertz CT molecular complexity index is 1920. The second kappa shape index (κ2) is 24.4. The van der Waals surface area contributed by atoms with E-state index >= 15 is 0 Å². The fraction of sp³-hybridized carbons (Fsp3) is 0.792. The zero-order chi connectivity index (χ0) is 49.7. The van der Waals surface area contributed by atoms with Gasteiger partial charge in [0.15, 0.2) is 11.4 Å². The van der Waals surface area contributed by atoms with E-state index in [9.17, 15) is 29.4 Å². The average molecular weight is 965 g/mol. The molecule has 0 spiro atoms. The number of ketones is 2. The monoisotopic (exact) mass is 965 g/mol. The van der Waals surface area contributed by atoms with E-state index in [1.54, 1.807) is 9.36 Å². The van der Waals surface area contributed by atoms with E-state index in [2.05, 4.69) is 49.5 Å². The topological polar surface area (TPSA) is 200 Å². The number of hydrogen-bond donors (Lipinski definition) is 2. The molecular weight excluding hydrogens is 881 g/mol. The second-order valence-corrected chi connectivity index (χ2v) is 34.0.